The van der Waals surface area contributed by atoms with Crippen LogP contribution in [0.1, 0.15) is 17.4 Å². The second-order valence-corrected chi connectivity index (χ2v) is 4.11. The Hall–Kier alpha value is -1.26. The topological polar surface area (TPSA) is 42.1 Å². The predicted octanol–water partition coefficient (Wildman–Crippen LogP) is 3.79. The minimum Gasteiger partial charge on any atom is -0.461 e. The van der Waals surface area contributed by atoms with E-state index in [0.29, 0.717) is 10.9 Å². The van der Waals surface area contributed by atoms with E-state index in [2.05, 4.69) is 4.98 Å². The van der Waals surface area contributed by atoms with E-state index in [9.17, 15) is 9.18 Å². The highest BCUT2D eigenvalue weighted by atomic mass is 35.5. The molecular formula is C11H8Cl2FNO2. The van der Waals surface area contributed by atoms with Crippen LogP contribution in [0.2, 0.25) is 10.0 Å². The van der Waals surface area contributed by atoms with Crippen molar-refractivity contribution in [3.05, 3.63) is 33.7 Å². The van der Waals surface area contributed by atoms with Gasteiger partial charge in [-0.15, -0.1) is 0 Å². The number of ether oxygens (including phenoxy) is 1. The molecule has 2 rings (SSSR count). The van der Waals surface area contributed by atoms with Gasteiger partial charge < -0.3 is 9.72 Å². The van der Waals surface area contributed by atoms with Crippen molar-refractivity contribution in [1.29, 1.82) is 0 Å². The van der Waals surface area contributed by atoms with E-state index in [1.54, 1.807) is 6.92 Å². The molecule has 0 fully saturated rings. The molecule has 1 N–H and O–H groups in total. The number of hydrogen-bond acceptors (Lipinski definition) is 2. The van der Waals surface area contributed by atoms with Gasteiger partial charge in [-0.3, -0.25) is 0 Å². The molecule has 0 unspecified atom stereocenters. The normalized spacial score (nSPS) is 10.8. The molecule has 0 amide bonds. The molecule has 3 nitrogen and oxygen atoms in total. The molecule has 2 aromatic rings. The molecule has 0 atom stereocenters. The summed E-state index contributed by atoms with van der Waals surface area (Å²) >= 11 is 11.6. The number of hydrogen-bond donors (Lipinski definition) is 1. The lowest BCUT2D eigenvalue weighted by atomic mass is 10.2. The summed E-state index contributed by atoms with van der Waals surface area (Å²) < 4.78 is 18.1. The summed E-state index contributed by atoms with van der Waals surface area (Å²) in [6.07, 6.45) is 0. The number of carbonyl (C=O) groups is 1. The van der Waals surface area contributed by atoms with Crippen LogP contribution in [0.15, 0.2) is 12.1 Å². The van der Waals surface area contributed by atoms with E-state index in [0.717, 1.165) is 0 Å². The van der Waals surface area contributed by atoms with Crippen LogP contribution >= 0.6 is 23.2 Å². The van der Waals surface area contributed by atoms with E-state index in [-0.39, 0.29) is 22.3 Å². The van der Waals surface area contributed by atoms with Crippen molar-refractivity contribution in [2.45, 2.75) is 6.92 Å². The Morgan fingerprint density at radius 1 is 1.41 bits per heavy atom. The number of rotatable bonds is 2. The molecule has 90 valence electrons. The second-order valence-electron chi connectivity index (χ2n) is 3.35. The first-order valence-corrected chi connectivity index (χ1v) is 5.63. The van der Waals surface area contributed by atoms with Gasteiger partial charge in [-0.2, -0.15) is 0 Å². The number of aromatic amines is 1. The van der Waals surface area contributed by atoms with Crippen molar-refractivity contribution in [1.82, 2.24) is 4.98 Å². The zero-order valence-corrected chi connectivity index (χ0v) is 10.3. The van der Waals surface area contributed by atoms with Crippen LogP contribution in [-0.2, 0) is 4.74 Å². The van der Waals surface area contributed by atoms with Gasteiger partial charge in [-0.05, 0) is 19.1 Å². The highest BCUT2D eigenvalue weighted by molar-refractivity contribution is 6.45. The maximum absolute atomic E-state index is 13.3. The van der Waals surface area contributed by atoms with Crippen LogP contribution in [-0.4, -0.2) is 17.6 Å². The third kappa shape index (κ3) is 2.10. The fraction of sp³-hybridized carbons (Fsp3) is 0.182. The lowest BCUT2D eigenvalue weighted by molar-refractivity contribution is 0.0520. The fourth-order valence-corrected chi connectivity index (χ4v) is 1.90. The molecule has 17 heavy (non-hydrogen) atoms. The Labute approximate surface area is 106 Å². The van der Waals surface area contributed by atoms with Gasteiger partial charge in [0.15, 0.2) is 0 Å². The third-order valence-corrected chi connectivity index (χ3v) is 3.11. The zero-order valence-electron chi connectivity index (χ0n) is 8.81. The molecule has 1 aromatic heterocycles. The summed E-state index contributed by atoms with van der Waals surface area (Å²) in [6.45, 7) is 1.96. The predicted molar refractivity (Wildman–Crippen MR) is 64.2 cm³/mol. The standard InChI is InChI=1S/C11H8Cl2FNO2/c1-2-17-11(16)8-3-5-7(15-8)4-6(14)10(13)9(5)12/h3-4,15H,2H2,1H3. The first-order chi connectivity index (χ1) is 8.04. The van der Waals surface area contributed by atoms with Crippen LogP contribution in [0, 0.1) is 5.82 Å². The summed E-state index contributed by atoms with van der Waals surface area (Å²) in [5, 5.41) is 0.406. The molecule has 0 bridgehead atoms. The van der Waals surface area contributed by atoms with Gasteiger partial charge in [0.05, 0.1) is 22.2 Å². The third-order valence-electron chi connectivity index (χ3n) is 2.25. The van der Waals surface area contributed by atoms with Crippen molar-refractivity contribution in [2.24, 2.45) is 0 Å². The molecule has 0 spiro atoms. The average Bonchev–Trinajstić information content (AvgIpc) is 2.70. The maximum Gasteiger partial charge on any atom is 0.354 e. The van der Waals surface area contributed by atoms with Crippen LogP contribution in [0.4, 0.5) is 4.39 Å². The summed E-state index contributed by atoms with van der Waals surface area (Å²) in [5.41, 5.74) is 0.616. The van der Waals surface area contributed by atoms with Crippen LogP contribution in [0.25, 0.3) is 10.9 Å². The Morgan fingerprint density at radius 3 is 2.76 bits per heavy atom. The van der Waals surface area contributed by atoms with Gasteiger partial charge in [0.2, 0.25) is 0 Å². The minimum atomic E-state index is -0.638. The summed E-state index contributed by atoms with van der Waals surface area (Å²) in [4.78, 5) is 14.2. The lowest BCUT2D eigenvalue weighted by Gasteiger charge is -1.98. The first kappa shape index (κ1) is 12.2. The number of benzene rings is 1. The van der Waals surface area contributed by atoms with Gasteiger partial charge in [-0.1, -0.05) is 23.2 Å². The van der Waals surface area contributed by atoms with Gasteiger partial charge in [-0.25, -0.2) is 9.18 Å². The summed E-state index contributed by atoms with van der Waals surface area (Å²) in [7, 11) is 0. The average molecular weight is 276 g/mol. The molecule has 1 heterocycles. The second kappa shape index (κ2) is 4.55. The number of halogens is 3. The molecular weight excluding hydrogens is 268 g/mol. The maximum atomic E-state index is 13.3. The minimum absolute atomic E-state index is 0.0773. The molecule has 1 aromatic carbocycles. The number of nitrogens with one attached hydrogen (secondary N) is 1. The van der Waals surface area contributed by atoms with Crippen LogP contribution in [0.3, 0.4) is 0 Å². The van der Waals surface area contributed by atoms with Crippen LogP contribution in [0.5, 0.6) is 0 Å². The smallest absolute Gasteiger partial charge is 0.354 e. The van der Waals surface area contributed by atoms with E-state index in [4.69, 9.17) is 27.9 Å². The Balaban J connectivity index is 2.58. The van der Waals surface area contributed by atoms with Gasteiger partial charge in [0, 0.05) is 5.39 Å². The number of aromatic nitrogens is 1. The fourth-order valence-electron chi connectivity index (χ4n) is 1.50. The van der Waals surface area contributed by atoms with E-state index < -0.39 is 11.8 Å². The molecule has 0 saturated heterocycles. The number of esters is 1. The Bertz CT molecular complexity index is 595. The zero-order chi connectivity index (χ0) is 12.6. The molecule has 6 heteroatoms. The van der Waals surface area contributed by atoms with E-state index in [1.165, 1.54) is 12.1 Å². The van der Waals surface area contributed by atoms with Crippen LogP contribution < -0.4 is 0 Å². The highest BCUT2D eigenvalue weighted by Gasteiger charge is 2.16. The lowest BCUT2D eigenvalue weighted by Crippen LogP contribution is -2.04. The van der Waals surface area contributed by atoms with E-state index >= 15 is 0 Å². The van der Waals surface area contributed by atoms with Gasteiger partial charge >= 0.3 is 5.97 Å². The largest absolute Gasteiger partial charge is 0.461 e. The van der Waals surface area contributed by atoms with Crippen molar-refractivity contribution in [2.75, 3.05) is 6.61 Å². The first-order valence-electron chi connectivity index (χ1n) is 4.88. The molecule has 0 aliphatic rings. The highest BCUT2D eigenvalue weighted by Crippen LogP contribution is 2.33. The number of H-pyrrole nitrogens is 1. The monoisotopic (exact) mass is 275 g/mol. The number of carbonyl (C=O) groups excluding carboxylic acids is 1. The quantitative estimate of drug-likeness (QED) is 0.669. The molecule has 0 radical (unpaired) electrons. The molecule has 0 aliphatic heterocycles. The summed E-state index contributed by atoms with van der Waals surface area (Å²) in [5.74, 6) is -1.15. The SMILES string of the molecule is CCOC(=O)c1cc2c(Cl)c(Cl)c(F)cc2[nH]1. The van der Waals surface area contributed by atoms with Crippen molar-refractivity contribution < 1.29 is 13.9 Å². The van der Waals surface area contributed by atoms with Gasteiger partial charge in [0.1, 0.15) is 11.5 Å². The Morgan fingerprint density at radius 2 is 2.12 bits per heavy atom. The van der Waals surface area contributed by atoms with E-state index in [1.807, 2.05) is 0 Å². The van der Waals surface area contributed by atoms with Crippen molar-refractivity contribution >= 4 is 40.1 Å². The van der Waals surface area contributed by atoms with Crippen molar-refractivity contribution in [3.8, 4) is 0 Å². The number of fused-ring (bicyclic) bond motifs is 1. The Kier molecular flexibility index (Phi) is 3.26. The molecule has 0 aliphatic carbocycles. The summed E-state index contributed by atoms with van der Waals surface area (Å²) in [6, 6.07) is 2.67. The van der Waals surface area contributed by atoms with Crippen molar-refractivity contribution in [3.63, 3.8) is 0 Å². The molecule has 0 saturated carbocycles. The van der Waals surface area contributed by atoms with Gasteiger partial charge in [0.25, 0.3) is 0 Å².